The second kappa shape index (κ2) is 9.45. The lowest BCUT2D eigenvalue weighted by Crippen LogP contribution is -2.32. The van der Waals surface area contributed by atoms with Gasteiger partial charge in [0.1, 0.15) is 7.05 Å². The molecule has 0 amide bonds. The maximum atomic E-state index is 6.22. The molecule has 172 valence electrons. The Bertz CT molecular complexity index is 1610. The summed E-state index contributed by atoms with van der Waals surface area (Å²) in [4.78, 5) is 0. The van der Waals surface area contributed by atoms with Crippen molar-refractivity contribution in [2.45, 2.75) is 0 Å². The van der Waals surface area contributed by atoms with Crippen molar-refractivity contribution in [1.29, 1.82) is 0 Å². The van der Waals surface area contributed by atoms with Gasteiger partial charge in [0.25, 0.3) is 0 Å². The highest BCUT2D eigenvalue weighted by Gasteiger charge is 2.23. The molecular weight excluding hydrogens is 458 g/mol. The normalized spacial score (nSPS) is 11.1. The fourth-order valence-electron chi connectivity index (χ4n) is 5.01. The molecule has 36 heavy (non-hydrogen) atoms. The van der Waals surface area contributed by atoms with E-state index in [2.05, 4.69) is 133 Å². The van der Waals surface area contributed by atoms with Crippen LogP contribution >= 0.6 is 11.6 Å². The molecule has 1 heterocycles. The first kappa shape index (κ1) is 22.3. The summed E-state index contributed by atoms with van der Waals surface area (Å²) in [5.41, 5.74) is 10.7. The van der Waals surface area contributed by atoms with E-state index in [1.807, 2.05) is 12.1 Å². The molecule has 0 unspecified atom stereocenters. The molecule has 0 fully saturated rings. The van der Waals surface area contributed by atoms with Crippen molar-refractivity contribution >= 4 is 22.5 Å². The predicted molar refractivity (Wildman–Crippen MR) is 152 cm³/mol. The van der Waals surface area contributed by atoms with Crippen LogP contribution in [-0.4, -0.2) is 0 Å². The standard InChI is InChI=1S/C34H25ClN/c1-36-32-15-9-8-14-27(32)18-21-33(36)34-30(25-10-4-2-5-11-25)22-28(24-16-19-29(35)20-17-24)23-31(34)26-12-6-3-7-13-26/h2-23H,1H3/q+1. The summed E-state index contributed by atoms with van der Waals surface area (Å²) in [5, 5.41) is 1.97. The number of benzene rings is 5. The van der Waals surface area contributed by atoms with Crippen molar-refractivity contribution in [3.63, 3.8) is 0 Å². The van der Waals surface area contributed by atoms with E-state index in [4.69, 9.17) is 11.6 Å². The van der Waals surface area contributed by atoms with Crippen LogP contribution in [0.1, 0.15) is 0 Å². The number of halogens is 1. The predicted octanol–water partition coefficient (Wildman–Crippen LogP) is 8.99. The van der Waals surface area contributed by atoms with Gasteiger partial charge in [-0.05, 0) is 69.8 Å². The lowest BCUT2D eigenvalue weighted by atomic mass is 9.86. The number of pyridine rings is 1. The van der Waals surface area contributed by atoms with Crippen molar-refractivity contribution in [3.8, 4) is 44.6 Å². The molecule has 6 rings (SSSR count). The van der Waals surface area contributed by atoms with Crippen molar-refractivity contribution < 1.29 is 4.57 Å². The minimum atomic E-state index is 0.741. The Balaban J connectivity index is 1.73. The summed E-state index contributed by atoms with van der Waals surface area (Å²) in [6.07, 6.45) is 0. The molecule has 2 heteroatoms. The summed E-state index contributed by atoms with van der Waals surface area (Å²) < 4.78 is 2.31. The molecule has 0 N–H and O–H groups in total. The lowest BCUT2D eigenvalue weighted by molar-refractivity contribution is -0.633. The number of nitrogens with zero attached hydrogens (tertiary/aromatic N) is 1. The number of aryl methyl sites for hydroxylation is 1. The fourth-order valence-corrected chi connectivity index (χ4v) is 5.14. The Labute approximate surface area is 216 Å². The van der Waals surface area contributed by atoms with Crippen LogP contribution in [0.15, 0.2) is 133 Å². The highest BCUT2D eigenvalue weighted by atomic mass is 35.5. The smallest absolute Gasteiger partial charge is 0.194 e. The molecule has 0 bridgehead atoms. The molecule has 1 aromatic heterocycles. The van der Waals surface area contributed by atoms with Gasteiger partial charge in [0.15, 0.2) is 0 Å². The molecule has 0 aliphatic carbocycles. The second-order valence-corrected chi connectivity index (χ2v) is 9.46. The monoisotopic (exact) mass is 482 g/mol. The number of rotatable bonds is 4. The highest BCUT2D eigenvalue weighted by molar-refractivity contribution is 6.30. The van der Waals surface area contributed by atoms with Gasteiger partial charge < -0.3 is 0 Å². The Morgan fingerprint density at radius 2 is 1.06 bits per heavy atom. The van der Waals surface area contributed by atoms with E-state index >= 15 is 0 Å². The first-order chi connectivity index (χ1) is 17.7. The summed E-state index contributed by atoms with van der Waals surface area (Å²) in [6.45, 7) is 0. The van der Waals surface area contributed by atoms with Crippen LogP contribution in [0.4, 0.5) is 0 Å². The second-order valence-electron chi connectivity index (χ2n) is 9.02. The van der Waals surface area contributed by atoms with Crippen LogP contribution < -0.4 is 4.57 Å². The van der Waals surface area contributed by atoms with Crippen LogP contribution in [0.25, 0.3) is 55.5 Å². The Morgan fingerprint density at radius 3 is 1.67 bits per heavy atom. The summed E-state index contributed by atoms with van der Waals surface area (Å²) in [7, 11) is 2.16. The molecule has 0 atom stereocenters. The SMILES string of the molecule is C[n+]1c(-c2c(-c3ccccc3)cc(-c3ccc(Cl)cc3)cc2-c2ccccc2)ccc2ccccc21. The summed E-state index contributed by atoms with van der Waals surface area (Å²) in [6, 6.07) is 47.1. The Hall–Kier alpha value is -4.20. The zero-order valence-electron chi connectivity index (χ0n) is 20.0. The van der Waals surface area contributed by atoms with Gasteiger partial charge in [-0.25, -0.2) is 0 Å². The largest absolute Gasteiger partial charge is 0.214 e. The van der Waals surface area contributed by atoms with E-state index in [0.29, 0.717) is 0 Å². The van der Waals surface area contributed by atoms with Gasteiger partial charge in [-0.15, -0.1) is 0 Å². The van der Waals surface area contributed by atoms with Gasteiger partial charge in [-0.1, -0.05) is 96.5 Å². The van der Waals surface area contributed by atoms with Gasteiger partial charge in [-0.3, -0.25) is 0 Å². The Morgan fingerprint density at radius 1 is 0.500 bits per heavy atom. The van der Waals surface area contributed by atoms with Crippen molar-refractivity contribution in [2.24, 2.45) is 7.05 Å². The van der Waals surface area contributed by atoms with E-state index in [-0.39, 0.29) is 0 Å². The molecule has 0 spiro atoms. The Kier molecular flexibility index (Phi) is 5.85. The van der Waals surface area contributed by atoms with E-state index in [1.54, 1.807) is 0 Å². The maximum absolute atomic E-state index is 6.22. The van der Waals surface area contributed by atoms with Crippen molar-refractivity contribution in [3.05, 3.63) is 138 Å². The minimum absolute atomic E-state index is 0.741. The molecule has 5 aromatic carbocycles. The number of aromatic nitrogens is 1. The van der Waals surface area contributed by atoms with E-state index < -0.39 is 0 Å². The van der Waals surface area contributed by atoms with Crippen molar-refractivity contribution in [1.82, 2.24) is 0 Å². The van der Waals surface area contributed by atoms with E-state index in [0.717, 1.165) is 16.1 Å². The highest BCUT2D eigenvalue weighted by Crippen LogP contribution is 2.42. The first-order valence-corrected chi connectivity index (χ1v) is 12.5. The van der Waals surface area contributed by atoms with Crippen LogP contribution in [0.2, 0.25) is 5.02 Å². The van der Waals surface area contributed by atoms with Gasteiger partial charge in [-0.2, -0.15) is 4.57 Å². The third kappa shape index (κ3) is 4.08. The summed E-state index contributed by atoms with van der Waals surface area (Å²) >= 11 is 6.22. The molecule has 0 saturated heterocycles. The van der Waals surface area contributed by atoms with Crippen LogP contribution in [0.3, 0.4) is 0 Å². The zero-order chi connectivity index (χ0) is 24.5. The molecule has 0 saturated carbocycles. The average Bonchev–Trinajstić information content (AvgIpc) is 2.94. The van der Waals surface area contributed by atoms with Crippen LogP contribution in [0, 0.1) is 0 Å². The number of hydrogen-bond donors (Lipinski definition) is 0. The minimum Gasteiger partial charge on any atom is -0.194 e. The first-order valence-electron chi connectivity index (χ1n) is 12.1. The van der Waals surface area contributed by atoms with Gasteiger partial charge in [0, 0.05) is 22.5 Å². The molecule has 0 aliphatic heterocycles. The topological polar surface area (TPSA) is 3.88 Å². The molecule has 0 aliphatic rings. The van der Waals surface area contributed by atoms with Gasteiger partial charge in [0.05, 0.1) is 5.56 Å². The molecule has 6 aromatic rings. The van der Waals surface area contributed by atoms with E-state index in [9.17, 15) is 0 Å². The summed E-state index contributed by atoms with van der Waals surface area (Å²) in [5.74, 6) is 0. The number of para-hydroxylation sites is 1. The van der Waals surface area contributed by atoms with Crippen LogP contribution in [-0.2, 0) is 7.05 Å². The quantitative estimate of drug-likeness (QED) is 0.221. The van der Waals surface area contributed by atoms with E-state index in [1.165, 1.54) is 44.4 Å². The number of hydrogen-bond acceptors (Lipinski definition) is 0. The third-order valence-corrected chi connectivity index (χ3v) is 7.07. The van der Waals surface area contributed by atoms with Crippen LogP contribution in [0.5, 0.6) is 0 Å². The fraction of sp³-hybridized carbons (Fsp3) is 0.0294. The van der Waals surface area contributed by atoms with Crippen molar-refractivity contribution in [2.75, 3.05) is 0 Å². The van der Waals surface area contributed by atoms with Gasteiger partial charge >= 0.3 is 0 Å². The average molecular weight is 483 g/mol. The lowest BCUT2D eigenvalue weighted by Gasteiger charge is -2.18. The maximum Gasteiger partial charge on any atom is 0.214 e. The third-order valence-electron chi connectivity index (χ3n) is 6.82. The van der Waals surface area contributed by atoms with Gasteiger partial charge in [0.2, 0.25) is 11.2 Å². The molecule has 1 nitrogen and oxygen atoms in total. The molecule has 0 radical (unpaired) electrons. The zero-order valence-corrected chi connectivity index (χ0v) is 20.8. The molecular formula is C34H25ClN+. The number of fused-ring (bicyclic) bond motifs is 1.